The molecule has 5 heteroatoms. The second-order valence-electron chi connectivity index (χ2n) is 4.28. The number of nitrogens with two attached hydrogens (primary N) is 1. The fraction of sp³-hybridized carbons (Fsp3) is 0.286. The average molecular weight is 259 g/mol. The van der Waals surface area contributed by atoms with Gasteiger partial charge in [-0.1, -0.05) is 24.6 Å². The van der Waals surface area contributed by atoms with Crippen molar-refractivity contribution in [3.63, 3.8) is 0 Å². The molecule has 0 amide bonds. The molecule has 0 aliphatic carbocycles. The van der Waals surface area contributed by atoms with Gasteiger partial charge in [0.25, 0.3) is 0 Å². The number of hydrogen-bond acceptors (Lipinski definition) is 4. The van der Waals surface area contributed by atoms with Crippen LogP contribution >= 0.6 is 0 Å². The molecule has 2 aromatic rings. The van der Waals surface area contributed by atoms with Crippen molar-refractivity contribution in [2.75, 3.05) is 12.8 Å². The lowest BCUT2D eigenvalue weighted by Crippen LogP contribution is -2.08. The van der Waals surface area contributed by atoms with Crippen LogP contribution in [0.5, 0.6) is 0 Å². The molecule has 2 rings (SSSR count). The maximum Gasteiger partial charge on any atom is 0.360 e. The summed E-state index contributed by atoms with van der Waals surface area (Å²) in [5, 5.41) is 0. The van der Waals surface area contributed by atoms with E-state index < -0.39 is 5.97 Å². The van der Waals surface area contributed by atoms with Crippen LogP contribution in [0.3, 0.4) is 0 Å². The number of carbonyl (C=O) groups excluding carboxylic acids is 1. The summed E-state index contributed by atoms with van der Waals surface area (Å²) in [6.45, 7) is 3.98. The molecule has 1 aromatic heterocycles. The Morgan fingerprint density at radius 2 is 2.00 bits per heavy atom. The van der Waals surface area contributed by atoms with Crippen LogP contribution in [0.25, 0.3) is 5.69 Å². The molecule has 0 atom stereocenters. The van der Waals surface area contributed by atoms with Gasteiger partial charge >= 0.3 is 5.97 Å². The molecule has 0 aliphatic heterocycles. The highest BCUT2D eigenvalue weighted by Crippen LogP contribution is 2.22. The van der Waals surface area contributed by atoms with Crippen LogP contribution in [0.1, 0.15) is 28.8 Å². The number of aromatic nitrogens is 2. The van der Waals surface area contributed by atoms with Gasteiger partial charge in [-0.05, 0) is 19.1 Å². The van der Waals surface area contributed by atoms with E-state index in [-0.39, 0.29) is 5.69 Å². The zero-order chi connectivity index (χ0) is 14.0. The van der Waals surface area contributed by atoms with E-state index in [1.54, 1.807) is 4.57 Å². The summed E-state index contributed by atoms with van der Waals surface area (Å²) >= 11 is 0. The standard InChI is InChI=1S/C14H17N3O2/c1-4-11-16-12(14(18)19-3)13(15)17(11)10-7-5-9(2)6-8-10/h5-8H,4,15H2,1-3H3. The van der Waals surface area contributed by atoms with E-state index in [0.29, 0.717) is 12.2 Å². The molecule has 2 N–H and O–H groups in total. The molecule has 19 heavy (non-hydrogen) atoms. The van der Waals surface area contributed by atoms with Gasteiger partial charge in [0.2, 0.25) is 0 Å². The van der Waals surface area contributed by atoms with E-state index in [2.05, 4.69) is 4.98 Å². The Kier molecular flexibility index (Phi) is 3.55. The second kappa shape index (κ2) is 5.14. The highest BCUT2D eigenvalue weighted by Gasteiger charge is 2.20. The lowest BCUT2D eigenvalue weighted by molar-refractivity contribution is 0.0596. The van der Waals surface area contributed by atoms with Crippen LogP contribution in [-0.4, -0.2) is 22.6 Å². The third kappa shape index (κ3) is 2.31. The molecule has 0 fully saturated rings. The van der Waals surface area contributed by atoms with Gasteiger partial charge in [0.1, 0.15) is 11.6 Å². The minimum absolute atomic E-state index is 0.167. The first kappa shape index (κ1) is 13.1. The number of carbonyl (C=O) groups is 1. The SMILES string of the molecule is CCc1nc(C(=O)OC)c(N)n1-c1ccc(C)cc1. The predicted molar refractivity (Wildman–Crippen MR) is 73.4 cm³/mol. The van der Waals surface area contributed by atoms with Crippen molar-refractivity contribution in [3.05, 3.63) is 41.3 Å². The van der Waals surface area contributed by atoms with Crippen LogP contribution in [0, 0.1) is 6.92 Å². The van der Waals surface area contributed by atoms with Crippen LogP contribution in [0.15, 0.2) is 24.3 Å². The number of ether oxygens (including phenoxy) is 1. The fourth-order valence-corrected chi connectivity index (χ4v) is 1.95. The second-order valence-corrected chi connectivity index (χ2v) is 4.28. The molecule has 0 unspecified atom stereocenters. The van der Waals surface area contributed by atoms with Crippen LogP contribution < -0.4 is 5.73 Å². The van der Waals surface area contributed by atoms with E-state index in [9.17, 15) is 4.79 Å². The van der Waals surface area contributed by atoms with Gasteiger partial charge in [-0.25, -0.2) is 9.78 Å². The lowest BCUT2D eigenvalue weighted by atomic mass is 10.2. The number of hydrogen-bond donors (Lipinski definition) is 1. The third-order valence-electron chi connectivity index (χ3n) is 2.97. The van der Waals surface area contributed by atoms with Gasteiger partial charge in [-0.3, -0.25) is 4.57 Å². The number of methoxy groups -OCH3 is 1. The van der Waals surface area contributed by atoms with Crippen LogP contribution in [-0.2, 0) is 11.2 Å². The monoisotopic (exact) mass is 259 g/mol. The zero-order valence-electron chi connectivity index (χ0n) is 11.3. The predicted octanol–water partition coefficient (Wildman–Crippen LogP) is 2.11. The topological polar surface area (TPSA) is 70.1 Å². The Bertz CT molecular complexity index is 600. The number of aryl methyl sites for hydroxylation is 2. The number of esters is 1. The summed E-state index contributed by atoms with van der Waals surface area (Å²) in [7, 11) is 1.32. The molecule has 0 saturated heterocycles. The summed E-state index contributed by atoms with van der Waals surface area (Å²) in [5.41, 5.74) is 8.24. The van der Waals surface area contributed by atoms with Gasteiger partial charge < -0.3 is 10.5 Å². The molecule has 1 aromatic carbocycles. The number of rotatable bonds is 3. The van der Waals surface area contributed by atoms with E-state index in [4.69, 9.17) is 10.5 Å². The van der Waals surface area contributed by atoms with Gasteiger partial charge in [-0.2, -0.15) is 0 Å². The molecule has 5 nitrogen and oxygen atoms in total. The van der Waals surface area contributed by atoms with E-state index in [1.807, 2.05) is 38.1 Å². The quantitative estimate of drug-likeness (QED) is 0.857. The van der Waals surface area contributed by atoms with Crippen LogP contribution in [0.2, 0.25) is 0 Å². The van der Waals surface area contributed by atoms with E-state index in [1.165, 1.54) is 7.11 Å². The van der Waals surface area contributed by atoms with Gasteiger partial charge in [-0.15, -0.1) is 0 Å². The van der Waals surface area contributed by atoms with Crippen molar-refractivity contribution >= 4 is 11.8 Å². The highest BCUT2D eigenvalue weighted by molar-refractivity contribution is 5.92. The molecule has 0 saturated carbocycles. The van der Waals surface area contributed by atoms with Crippen molar-refractivity contribution in [1.29, 1.82) is 0 Å². The minimum atomic E-state index is -0.516. The Balaban J connectivity index is 2.59. The van der Waals surface area contributed by atoms with E-state index in [0.717, 1.165) is 17.1 Å². The summed E-state index contributed by atoms with van der Waals surface area (Å²) in [6, 6.07) is 7.89. The average Bonchev–Trinajstić information content (AvgIpc) is 2.76. The number of nitrogen functional groups attached to an aromatic ring is 1. The maximum atomic E-state index is 11.6. The Hall–Kier alpha value is -2.30. The van der Waals surface area contributed by atoms with Crippen LogP contribution in [0.4, 0.5) is 5.82 Å². The first-order valence-electron chi connectivity index (χ1n) is 6.11. The molecular weight excluding hydrogens is 242 g/mol. The zero-order valence-corrected chi connectivity index (χ0v) is 11.3. The Morgan fingerprint density at radius 3 is 2.53 bits per heavy atom. The van der Waals surface area contributed by atoms with Crippen molar-refractivity contribution < 1.29 is 9.53 Å². The number of imidazole rings is 1. The van der Waals surface area contributed by atoms with Crippen molar-refractivity contribution in [1.82, 2.24) is 9.55 Å². The maximum absolute atomic E-state index is 11.6. The highest BCUT2D eigenvalue weighted by atomic mass is 16.5. The Morgan fingerprint density at radius 1 is 1.37 bits per heavy atom. The largest absolute Gasteiger partial charge is 0.464 e. The number of anilines is 1. The molecular formula is C14H17N3O2. The molecule has 0 bridgehead atoms. The van der Waals surface area contributed by atoms with Crippen molar-refractivity contribution in [2.24, 2.45) is 0 Å². The van der Waals surface area contributed by atoms with Crippen molar-refractivity contribution in [2.45, 2.75) is 20.3 Å². The summed E-state index contributed by atoms with van der Waals surface area (Å²) in [5.74, 6) is 0.535. The number of benzene rings is 1. The molecule has 0 radical (unpaired) electrons. The number of nitrogens with zero attached hydrogens (tertiary/aromatic N) is 2. The molecule has 0 aliphatic rings. The van der Waals surface area contributed by atoms with Crippen molar-refractivity contribution in [3.8, 4) is 5.69 Å². The molecule has 1 heterocycles. The molecule has 100 valence electrons. The normalized spacial score (nSPS) is 10.5. The van der Waals surface area contributed by atoms with E-state index >= 15 is 0 Å². The molecule has 0 spiro atoms. The Labute approximate surface area is 112 Å². The lowest BCUT2D eigenvalue weighted by Gasteiger charge is -2.09. The summed E-state index contributed by atoms with van der Waals surface area (Å²) in [4.78, 5) is 15.9. The minimum Gasteiger partial charge on any atom is -0.464 e. The smallest absolute Gasteiger partial charge is 0.360 e. The summed E-state index contributed by atoms with van der Waals surface area (Å²) < 4.78 is 6.47. The fourth-order valence-electron chi connectivity index (χ4n) is 1.95. The first-order valence-corrected chi connectivity index (χ1v) is 6.11. The third-order valence-corrected chi connectivity index (χ3v) is 2.97. The van der Waals surface area contributed by atoms with Gasteiger partial charge in [0.05, 0.1) is 7.11 Å². The van der Waals surface area contributed by atoms with Gasteiger partial charge in [0.15, 0.2) is 5.69 Å². The first-order chi connectivity index (χ1) is 9.08. The van der Waals surface area contributed by atoms with Gasteiger partial charge in [0, 0.05) is 12.1 Å². The summed E-state index contributed by atoms with van der Waals surface area (Å²) in [6.07, 6.45) is 0.676.